The van der Waals surface area contributed by atoms with Gasteiger partial charge in [-0.25, -0.2) is 0 Å². The first-order valence-electron chi connectivity index (χ1n) is 5.20. The van der Waals surface area contributed by atoms with Crippen LogP contribution in [-0.4, -0.2) is 11.1 Å². The van der Waals surface area contributed by atoms with E-state index < -0.39 is 5.97 Å². The lowest BCUT2D eigenvalue weighted by atomic mass is 10.0. The van der Waals surface area contributed by atoms with Crippen LogP contribution in [0.1, 0.15) is 31.7 Å². The molecule has 0 unspecified atom stereocenters. The molecule has 0 heterocycles. The van der Waals surface area contributed by atoms with Gasteiger partial charge in [-0.15, -0.1) is 0 Å². The second-order valence-electron chi connectivity index (χ2n) is 3.40. The molecule has 0 aliphatic heterocycles. The minimum atomic E-state index is -0.743. The largest absolute Gasteiger partial charge is 0.481 e. The molecule has 0 aliphatic rings. The number of aliphatic carboxylic acids is 1. The zero-order chi connectivity index (χ0) is 11.1. The number of carbonyl (C=O) groups is 1. The molecule has 80 valence electrons. The van der Waals surface area contributed by atoms with Gasteiger partial charge in [0.1, 0.15) is 0 Å². The Bertz CT molecular complexity index is 339. The van der Waals surface area contributed by atoms with Crippen LogP contribution in [0.2, 0.25) is 0 Å². The first-order chi connectivity index (χ1) is 7.24. The van der Waals surface area contributed by atoms with Crippen LogP contribution in [0, 0.1) is 0 Å². The van der Waals surface area contributed by atoms with Crippen LogP contribution in [-0.2, 0) is 4.79 Å². The molecule has 1 N–H and O–H groups in total. The normalized spacial score (nSPS) is 11.4. The Morgan fingerprint density at radius 3 is 2.47 bits per heavy atom. The van der Waals surface area contributed by atoms with Crippen molar-refractivity contribution < 1.29 is 9.90 Å². The van der Waals surface area contributed by atoms with Crippen LogP contribution >= 0.6 is 0 Å². The summed E-state index contributed by atoms with van der Waals surface area (Å²) in [6, 6.07) is 9.94. The van der Waals surface area contributed by atoms with Crippen molar-refractivity contribution in [1.82, 2.24) is 0 Å². The number of hydrogen-bond acceptors (Lipinski definition) is 1. The Balaban J connectivity index is 2.75. The Kier molecular flexibility index (Phi) is 4.61. The minimum Gasteiger partial charge on any atom is -0.481 e. The molecule has 0 saturated heterocycles. The molecule has 0 spiro atoms. The Morgan fingerprint density at radius 1 is 1.27 bits per heavy atom. The lowest BCUT2D eigenvalue weighted by molar-refractivity contribution is -0.136. The summed E-state index contributed by atoms with van der Waals surface area (Å²) in [5.41, 5.74) is 2.25. The van der Waals surface area contributed by atoms with Gasteiger partial charge in [0.05, 0.1) is 0 Å². The molecule has 2 heteroatoms. The van der Waals surface area contributed by atoms with E-state index in [2.05, 4.69) is 13.0 Å². The predicted molar refractivity (Wildman–Crippen MR) is 61.6 cm³/mol. The van der Waals surface area contributed by atoms with Crippen molar-refractivity contribution in [2.75, 3.05) is 0 Å². The minimum absolute atomic E-state index is 0.195. The standard InChI is InChI=1S/C13H16O2/c1-2-6-11(9-10-13(14)15)12-7-4-3-5-8-12/h3-8H,2,9-10H2,1H3,(H,14,15)/b11-6+. The van der Waals surface area contributed by atoms with Crippen molar-refractivity contribution in [3.63, 3.8) is 0 Å². The van der Waals surface area contributed by atoms with E-state index in [9.17, 15) is 4.79 Å². The molecule has 0 saturated carbocycles. The third kappa shape index (κ3) is 3.98. The van der Waals surface area contributed by atoms with Gasteiger partial charge in [0.15, 0.2) is 0 Å². The highest BCUT2D eigenvalue weighted by molar-refractivity contribution is 5.72. The first kappa shape index (κ1) is 11.5. The second-order valence-corrected chi connectivity index (χ2v) is 3.40. The number of hydrogen-bond donors (Lipinski definition) is 1. The molecule has 1 aromatic carbocycles. The average molecular weight is 204 g/mol. The maximum absolute atomic E-state index is 10.5. The molecule has 1 aromatic rings. The second kappa shape index (κ2) is 6.02. The van der Waals surface area contributed by atoms with E-state index in [1.807, 2.05) is 30.3 Å². The number of benzene rings is 1. The van der Waals surface area contributed by atoms with Gasteiger partial charge in [0.25, 0.3) is 0 Å². The van der Waals surface area contributed by atoms with Crippen molar-refractivity contribution in [3.8, 4) is 0 Å². The molecule has 0 amide bonds. The first-order valence-corrected chi connectivity index (χ1v) is 5.20. The Labute approximate surface area is 90.3 Å². The van der Waals surface area contributed by atoms with Crippen molar-refractivity contribution in [2.45, 2.75) is 26.2 Å². The molecular formula is C13H16O2. The predicted octanol–water partition coefficient (Wildman–Crippen LogP) is 3.34. The number of carboxylic acid groups (broad SMARTS) is 1. The monoisotopic (exact) mass is 204 g/mol. The van der Waals surface area contributed by atoms with E-state index >= 15 is 0 Å². The van der Waals surface area contributed by atoms with Gasteiger partial charge in [-0.3, -0.25) is 4.79 Å². The summed E-state index contributed by atoms with van der Waals surface area (Å²) in [7, 11) is 0. The highest BCUT2D eigenvalue weighted by atomic mass is 16.4. The van der Waals surface area contributed by atoms with E-state index in [1.165, 1.54) is 0 Å². The van der Waals surface area contributed by atoms with Gasteiger partial charge in [0.2, 0.25) is 0 Å². The summed E-state index contributed by atoms with van der Waals surface area (Å²) >= 11 is 0. The summed E-state index contributed by atoms with van der Waals surface area (Å²) in [5.74, 6) is -0.743. The van der Waals surface area contributed by atoms with Crippen molar-refractivity contribution in [1.29, 1.82) is 0 Å². The lowest BCUT2D eigenvalue weighted by Crippen LogP contribution is -1.95. The van der Waals surface area contributed by atoms with Gasteiger partial charge < -0.3 is 5.11 Å². The smallest absolute Gasteiger partial charge is 0.303 e. The summed E-state index contributed by atoms with van der Waals surface area (Å²) in [6.45, 7) is 2.06. The lowest BCUT2D eigenvalue weighted by Gasteiger charge is -2.05. The molecule has 1 rings (SSSR count). The van der Waals surface area contributed by atoms with E-state index in [1.54, 1.807) is 0 Å². The average Bonchev–Trinajstić information content (AvgIpc) is 2.25. The van der Waals surface area contributed by atoms with Crippen LogP contribution in [0.15, 0.2) is 36.4 Å². The van der Waals surface area contributed by atoms with Gasteiger partial charge in [-0.05, 0) is 24.0 Å². The third-order valence-corrected chi connectivity index (χ3v) is 2.20. The highest BCUT2D eigenvalue weighted by Gasteiger charge is 2.03. The van der Waals surface area contributed by atoms with Gasteiger partial charge in [-0.1, -0.05) is 43.3 Å². The quantitative estimate of drug-likeness (QED) is 0.798. The maximum atomic E-state index is 10.5. The van der Waals surface area contributed by atoms with Crippen molar-refractivity contribution in [3.05, 3.63) is 42.0 Å². The number of carboxylic acids is 1. The van der Waals surface area contributed by atoms with Gasteiger partial charge in [0, 0.05) is 6.42 Å². The molecule has 0 bridgehead atoms. The topological polar surface area (TPSA) is 37.3 Å². The Hall–Kier alpha value is -1.57. The molecular weight excluding hydrogens is 188 g/mol. The Morgan fingerprint density at radius 2 is 1.93 bits per heavy atom. The molecule has 2 nitrogen and oxygen atoms in total. The number of rotatable bonds is 5. The van der Waals surface area contributed by atoms with E-state index in [0.29, 0.717) is 6.42 Å². The molecule has 0 fully saturated rings. The fraction of sp³-hybridized carbons (Fsp3) is 0.308. The molecule has 0 atom stereocenters. The van der Waals surface area contributed by atoms with Crippen molar-refractivity contribution >= 4 is 11.5 Å². The van der Waals surface area contributed by atoms with E-state index in [4.69, 9.17) is 5.11 Å². The van der Waals surface area contributed by atoms with Gasteiger partial charge in [-0.2, -0.15) is 0 Å². The van der Waals surface area contributed by atoms with Gasteiger partial charge >= 0.3 is 5.97 Å². The molecule has 0 aromatic heterocycles. The van der Waals surface area contributed by atoms with E-state index in [0.717, 1.165) is 17.6 Å². The molecule has 0 aliphatic carbocycles. The fourth-order valence-corrected chi connectivity index (χ4v) is 1.50. The zero-order valence-electron chi connectivity index (χ0n) is 8.94. The summed E-state index contributed by atoms with van der Waals surface area (Å²) in [4.78, 5) is 10.5. The SMILES string of the molecule is CC/C=C(\CCC(=O)O)c1ccccc1. The fourth-order valence-electron chi connectivity index (χ4n) is 1.50. The van der Waals surface area contributed by atoms with Crippen molar-refractivity contribution in [2.24, 2.45) is 0 Å². The number of allylic oxidation sites excluding steroid dienone is 2. The summed E-state index contributed by atoms with van der Waals surface area (Å²) in [6.07, 6.45) is 3.83. The van der Waals surface area contributed by atoms with Crippen LogP contribution in [0.25, 0.3) is 5.57 Å². The summed E-state index contributed by atoms with van der Waals surface area (Å²) in [5, 5.41) is 8.65. The molecule has 0 radical (unpaired) electrons. The van der Waals surface area contributed by atoms with E-state index in [-0.39, 0.29) is 6.42 Å². The van der Waals surface area contributed by atoms with Crippen LogP contribution in [0.4, 0.5) is 0 Å². The highest BCUT2D eigenvalue weighted by Crippen LogP contribution is 2.20. The third-order valence-electron chi connectivity index (χ3n) is 2.20. The zero-order valence-corrected chi connectivity index (χ0v) is 8.94. The van der Waals surface area contributed by atoms with Crippen LogP contribution in [0.3, 0.4) is 0 Å². The van der Waals surface area contributed by atoms with Crippen LogP contribution < -0.4 is 0 Å². The summed E-state index contributed by atoms with van der Waals surface area (Å²) < 4.78 is 0. The molecule has 15 heavy (non-hydrogen) atoms. The maximum Gasteiger partial charge on any atom is 0.303 e. The van der Waals surface area contributed by atoms with Crippen LogP contribution in [0.5, 0.6) is 0 Å².